The maximum absolute atomic E-state index is 12.5. The predicted molar refractivity (Wildman–Crippen MR) is 102 cm³/mol. The Bertz CT molecular complexity index is 971. The summed E-state index contributed by atoms with van der Waals surface area (Å²) < 4.78 is 10.4. The van der Waals surface area contributed by atoms with E-state index in [1.807, 2.05) is 0 Å². The maximum atomic E-state index is 12.5. The van der Waals surface area contributed by atoms with E-state index >= 15 is 0 Å². The minimum Gasteiger partial charge on any atom is -0.493 e. The van der Waals surface area contributed by atoms with Crippen molar-refractivity contribution < 1.29 is 19.1 Å². The van der Waals surface area contributed by atoms with Crippen LogP contribution in [-0.2, 0) is 0 Å². The molecule has 1 amide bonds. The average Bonchev–Trinajstić information content (AvgIpc) is 2.73. The second-order valence-corrected chi connectivity index (χ2v) is 5.67. The highest BCUT2D eigenvalue weighted by Gasteiger charge is 2.13. The van der Waals surface area contributed by atoms with Crippen LogP contribution in [0.3, 0.4) is 0 Å². The molecule has 6 heteroatoms. The lowest BCUT2D eigenvalue weighted by molar-refractivity contribution is 0.102. The van der Waals surface area contributed by atoms with Crippen LogP contribution in [0, 0.1) is 0 Å². The fraction of sp³-hybridized carbons (Fsp3) is 0.0952. The Hall–Kier alpha value is -3.67. The van der Waals surface area contributed by atoms with Crippen molar-refractivity contribution in [3.05, 3.63) is 83.7 Å². The van der Waals surface area contributed by atoms with E-state index in [-0.39, 0.29) is 11.7 Å². The normalized spacial score (nSPS) is 10.1. The second kappa shape index (κ2) is 8.14. The van der Waals surface area contributed by atoms with Crippen molar-refractivity contribution in [1.82, 2.24) is 4.98 Å². The van der Waals surface area contributed by atoms with Gasteiger partial charge in [0.1, 0.15) is 0 Å². The summed E-state index contributed by atoms with van der Waals surface area (Å²) in [4.78, 5) is 29.0. The molecule has 3 aromatic rings. The number of pyridine rings is 1. The van der Waals surface area contributed by atoms with Crippen molar-refractivity contribution >= 4 is 17.4 Å². The van der Waals surface area contributed by atoms with E-state index in [0.29, 0.717) is 33.9 Å². The van der Waals surface area contributed by atoms with Crippen molar-refractivity contribution in [3.8, 4) is 11.5 Å². The molecule has 136 valence electrons. The van der Waals surface area contributed by atoms with Crippen LogP contribution in [0.1, 0.15) is 26.3 Å². The lowest BCUT2D eigenvalue weighted by atomic mass is 10.0. The van der Waals surface area contributed by atoms with Crippen LogP contribution in [0.2, 0.25) is 0 Å². The van der Waals surface area contributed by atoms with Gasteiger partial charge < -0.3 is 14.8 Å². The Morgan fingerprint density at radius 3 is 2.26 bits per heavy atom. The van der Waals surface area contributed by atoms with Gasteiger partial charge in [-0.05, 0) is 42.5 Å². The third kappa shape index (κ3) is 4.12. The van der Waals surface area contributed by atoms with E-state index in [2.05, 4.69) is 10.3 Å². The monoisotopic (exact) mass is 362 g/mol. The molecule has 0 saturated carbocycles. The van der Waals surface area contributed by atoms with Crippen LogP contribution < -0.4 is 14.8 Å². The summed E-state index contributed by atoms with van der Waals surface area (Å²) in [7, 11) is 3.04. The molecule has 1 N–H and O–H groups in total. The van der Waals surface area contributed by atoms with Crippen LogP contribution in [0.4, 0.5) is 5.69 Å². The van der Waals surface area contributed by atoms with Gasteiger partial charge in [-0.3, -0.25) is 14.6 Å². The number of amides is 1. The zero-order valence-corrected chi connectivity index (χ0v) is 14.9. The van der Waals surface area contributed by atoms with Gasteiger partial charge in [-0.25, -0.2) is 0 Å². The van der Waals surface area contributed by atoms with Gasteiger partial charge in [0.2, 0.25) is 0 Å². The molecule has 0 aliphatic heterocycles. The summed E-state index contributed by atoms with van der Waals surface area (Å²) in [5.74, 6) is 0.551. The zero-order chi connectivity index (χ0) is 19.2. The molecule has 2 aromatic carbocycles. The van der Waals surface area contributed by atoms with Gasteiger partial charge in [0.15, 0.2) is 17.3 Å². The number of nitrogens with zero attached hydrogens (tertiary/aromatic N) is 1. The van der Waals surface area contributed by atoms with Crippen LogP contribution in [0.25, 0.3) is 0 Å². The number of benzene rings is 2. The fourth-order valence-corrected chi connectivity index (χ4v) is 2.59. The number of anilines is 1. The number of hydrogen-bond donors (Lipinski definition) is 1. The third-order valence-electron chi connectivity index (χ3n) is 3.97. The maximum Gasteiger partial charge on any atom is 0.255 e. The first-order valence-corrected chi connectivity index (χ1v) is 8.20. The quantitative estimate of drug-likeness (QED) is 0.678. The molecule has 0 atom stereocenters. The van der Waals surface area contributed by atoms with Gasteiger partial charge >= 0.3 is 0 Å². The van der Waals surface area contributed by atoms with Gasteiger partial charge in [-0.15, -0.1) is 0 Å². The molecule has 0 spiro atoms. The predicted octanol–water partition coefficient (Wildman–Crippen LogP) is 3.58. The molecule has 1 aromatic heterocycles. The van der Waals surface area contributed by atoms with Gasteiger partial charge in [0.25, 0.3) is 5.91 Å². The molecule has 0 aliphatic carbocycles. The number of nitrogens with one attached hydrogen (secondary N) is 1. The number of carbonyl (C=O) groups excluding carboxylic acids is 2. The largest absolute Gasteiger partial charge is 0.493 e. The van der Waals surface area contributed by atoms with E-state index in [1.54, 1.807) is 67.0 Å². The summed E-state index contributed by atoms with van der Waals surface area (Å²) in [5.41, 5.74) is 1.95. The number of aromatic nitrogens is 1. The highest BCUT2D eigenvalue weighted by Crippen LogP contribution is 2.28. The molecule has 0 unspecified atom stereocenters. The summed E-state index contributed by atoms with van der Waals surface area (Å²) in [6, 6.07) is 15.0. The topological polar surface area (TPSA) is 77.5 Å². The van der Waals surface area contributed by atoms with E-state index in [0.717, 1.165) is 0 Å². The van der Waals surface area contributed by atoms with Gasteiger partial charge in [0, 0.05) is 34.8 Å². The van der Waals surface area contributed by atoms with Gasteiger partial charge in [-0.2, -0.15) is 0 Å². The van der Waals surface area contributed by atoms with E-state index in [1.165, 1.54) is 14.2 Å². The first-order chi connectivity index (χ1) is 13.1. The Morgan fingerprint density at radius 2 is 1.56 bits per heavy atom. The molecule has 0 fully saturated rings. The highest BCUT2D eigenvalue weighted by atomic mass is 16.5. The number of hydrogen-bond acceptors (Lipinski definition) is 5. The van der Waals surface area contributed by atoms with Gasteiger partial charge in [-0.1, -0.05) is 12.1 Å². The van der Waals surface area contributed by atoms with Crippen molar-refractivity contribution in [1.29, 1.82) is 0 Å². The van der Waals surface area contributed by atoms with Crippen LogP contribution in [-0.4, -0.2) is 30.9 Å². The summed E-state index contributed by atoms with van der Waals surface area (Å²) >= 11 is 0. The van der Waals surface area contributed by atoms with E-state index in [4.69, 9.17) is 9.47 Å². The lowest BCUT2D eigenvalue weighted by Crippen LogP contribution is -2.13. The molecule has 3 rings (SSSR count). The number of carbonyl (C=O) groups is 2. The first kappa shape index (κ1) is 18.1. The molecule has 6 nitrogen and oxygen atoms in total. The molecule has 0 aliphatic rings. The molecule has 0 radical (unpaired) electrons. The van der Waals surface area contributed by atoms with Crippen LogP contribution in [0.5, 0.6) is 11.5 Å². The SMILES string of the molecule is COc1ccc(C(=O)Nc2cccc(C(=O)c3ccncc3)c2)cc1OC. The van der Waals surface area contributed by atoms with Gasteiger partial charge in [0.05, 0.1) is 14.2 Å². The minimum absolute atomic E-state index is 0.139. The molecule has 0 saturated heterocycles. The van der Waals surface area contributed by atoms with Crippen molar-refractivity contribution in [3.63, 3.8) is 0 Å². The Balaban J connectivity index is 1.80. The molecule has 27 heavy (non-hydrogen) atoms. The zero-order valence-electron chi connectivity index (χ0n) is 14.9. The Labute approximate surface area is 156 Å². The average molecular weight is 362 g/mol. The number of ketones is 1. The molecule has 1 heterocycles. The van der Waals surface area contributed by atoms with Crippen molar-refractivity contribution in [2.24, 2.45) is 0 Å². The second-order valence-electron chi connectivity index (χ2n) is 5.67. The summed E-state index contributed by atoms with van der Waals surface area (Å²) in [6.07, 6.45) is 3.13. The highest BCUT2D eigenvalue weighted by molar-refractivity contribution is 6.10. The number of rotatable bonds is 6. The summed E-state index contributed by atoms with van der Waals surface area (Å²) in [6.45, 7) is 0. The Kier molecular flexibility index (Phi) is 5.47. The van der Waals surface area contributed by atoms with Crippen molar-refractivity contribution in [2.45, 2.75) is 0 Å². The smallest absolute Gasteiger partial charge is 0.255 e. The lowest BCUT2D eigenvalue weighted by Gasteiger charge is -2.10. The Morgan fingerprint density at radius 1 is 0.815 bits per heavy atom. The summed E-state index contributed by atoms with van der Waals surface area (Å²) in [5, 5.41) is 2.79. The van der Waals surface area contributed by atoms with Crippen LogP contribution >= 0.6 is 0 Å². The van der Waals surface area contributed by atoms with E-state index in [9.17, 15) is 9.59 Å². The first-order valence-electron chi connectivity index (χ1n) is 8.20. The van der Waals surface area contributed by atoms with Crippen LogP contribution in [0.15, 0.2) is 67.0 Å². The standard InChI is InChI=1S/C21H18N2O4/c1-26-18-7-6-16(13-19(18)27-2)21(25)23-17-5-3-4-15(12-17)20(24)14-8-10-22-11-9-14/h3-13H,1-2H3,(H,23,25). The number of ether oxygens (including phenoxy) is 2. The minimum atomic E-state index is -0.315. The van der Waals surface area contributed by atoms with E-state index < -0.39 is 0 Å². The van der Waals surface area contributed by atoms with Crippen molar-refractivity contribution in [2.75, 3.05) is 19.5 Å². The third-order valence-corrected chi connectivity index (χ3v) is 3.97. The molecular formula is C21H18N2O4. The molecular weight excluding hydrogens is 344 g/mol. The number of methoxy groups -OCH3 is 2. The fourth-order valence-electron chi connectivity index (χ4n) is 2.59. The molecule has 0 bridgehead atoms.